The van der Waals surface area contributed by atoms with Crippen molar-refractivity contribution >= 4 is 11.8 Å². The van der Waals surface area contributed by atoms with Gasteiger partial charge in [0.2, 0.25) is 11.8 Å². The van der Waals surface area contributed by atoms with E-state index in [1.54, 1.807) is 4.90 Å². The van der Waals surface area contributed by atoms with Crippen molar-refractivity contribution in [3.63, 3.8) is 0 Å². The largest absolute Gasteiger partial charge is 0.353 e. The minimum Gasteiger partial charge on any atom is -0.353 e. The molecule has 4 heteroatoms. The van der Waals surface area contributed by atoms with Crippen LogP contribution in [0.2, 0.25) is 0 Å². The van der Waals surface area contributed by atoms with E-state index in [1.807, 2.05) is 49.4 Å². The molecule has 0 aromatic heterocycles. The molecular weight excluding hydrogens is 300 g/mol. The Bertz CT molecular complexity index is 710. The molecule has 1 aliphatic rings. The van der Waals surface area contributed by atoms with E-state index in [0.29, 0.717) is 25.9 Å². The van der Waals surface area contributed by atoms with E-state index in [0.717, 1.165) is 16.7 Å². The quantitative estimate of drug-likeness (QED) is 0.941. The second-order valence-corrected chi connectivity index (χ2v) is 6.04. The van der Waals surface area contributed by atoms with E-state index in [1.165, 1.54) is 0 Å². The lowest BCUT2D eigenvalue weighted by Crippen LogP contribution is -2.57. The Morgan fingerprint density at radius 1 is 1.08 bits per heavy atom. The predicted octanol–water partition coefficient (Wildman–Crippen LogP) is 2.63. The molecule has 1 fully saturated rings. The van der Waals surface area contributed by atoms with Gasteiger partial charge in [-0.3, -0.25) is 9.59 Å². The summed E-state index contributed by atoms with van der Waals surface area (Å²) in [6.07, 6.45) is 0.976. The third-order valence-electron chi connectivity index (χ3n) is 4.45. The van der Waals surface area contributed by atoms with Gasteiger partial charge in [-0.1, -0.05) is 61.5 Å². The minimum absolute atomic E-state index is 0.0177. The van der Waals surface area contributed by atoms with Gasteiger partial charge in [-0.15, -0.1) is 0 Å². The van der Waals surface area contributed by atoms with Gasteiger partial charge in [0.15, 0.2) is 0 Å². The summed E-state index contributed by atoms with van der Waals surface area (Å²) in [5, 5.41) is 2.82. The van der Waals surface area contributed by atoms with Crippen LogP contribution in [0, 0.1) is 0 Å². The molecule has 124 valence electrons. The van der Waals surface area contributed by atoms with E-state index in [9.17, 15) is 9.59 Å². The van der Waals surface area contributed by atoms with Crippen LogP contribution in [0.3, 0.4) is 0 Å². The summed E-state index contributed by atoms with van der Waals surface area (Å²) in [5.74, 6) is -0.0271. The lowest BCUT2D eigenvalue weighted by Gasteiger charge is -2.34. The molecule has 1 saturated heterocycles. The summed E-state index contributed by atoms with van der Waals surface area (Å²) < 4.78 is 0. The van der Waals surface area contributed by atoms with Crippen LogP contribution in [-0.2, 0) is 16.0 Å². The Labute approximate surface area is 142 Å². The van der Waals surface area contributed by atoms with Crippen LogP contribution in [0.15, 0.2) is 54.6 Å². The molecule has 0 aliphatic carbocycles. The monoisotopic (exact) mass is 322 g/mol. The normalized spacial score (nSPS) is 17.5. The average Bonchev–Trinajstić information content (AvgIpc) is 2.63. The zero-order valence-electron chi connectivity index (χ0n) is 13.9. The second kappa shape index (κ2) is 7.30. The number of hydrogen-bond donors (Lipinski definition) is 1. The Balaban J connectivity index is 1.69. The fraction of sp³-hybridized carbons (Fsp3) is 0.300. The van der Waals surface area contributed by atoms with Crippen LogP contribution >= 0.6 is 0 Å². The molecule has 1 atom stereocenters. The Kier molecular flexibility index (Phi) is 4.94. The zero-order valence-corrected chi connectivity index (χ0v) is 13.9. The van der Waals surface area contributed by atoms with Gasteiger partial charge < -0.3 is 10.2 Å². The number of nitrogens with zero attached hydrogens (tertiary/aromatic N) is 1. The first-order valence-corrected chi connectivity index (χ1v) is 8.40. The highest BCUT2D eigenvalue weighted by molar-refractivity contribution is 5.89. The molecule has 3 rings (SSSR count). The third kappa shape index (κ3) is 3.48. The summed E-state index contributed by atoms with van der Waals surface area (Å²) in [7, 11) is 0. The van der Waals surface area contributed by atoms with Gasteiger partial charge in [0, 0.05) is 13.1 Å². The molecule has 2 aromatic rings. The average molecular weight is 322 g/mol. The first-order chi connectivity index (χ1) is 11.7. The molecule has 4 nitrogen and oxygen atoms in total. The molecule has 1 unspecified atom stereocenters. The van der Waals surface area contributed by atoms with Crippen molar-refractivity contribution in [2.75, 3.05) is 13.1 Å². The van der Waals surface area contributed by atoms with E-state index in [4.69, 9.17) is 0 Å². The maximum atomic E-state index is 12.6. The summed E-state index contributed by atoms with van der Waals surface area (Å²) in [6, 6.07) is 17.9. The van der Waals surface area contributed by atoms with Crippen molar-refractivity contribution in [2.45, 2.75) is 25.8 Å². The predicted molar refractivity (Wildman–Crippen MR) is 94.4 cm³/mol. The van der Waals surface area contributed by atoms with Crippen LogP contribution in [0.4, 0.5) is 0 Å². The maximum Gasteiger partial charge on any atom is 0.242 e. The number of benzene rings is 2. The zero-order chi connectivity index (χ0) is 16.9. The molecule has 2 amide bonds. The van der Waals surface area contributed by atoms with Gasteiger partial charge >= 0.3 is 0 Å². The fourth-order valence-electron chi connectivity index (χ4n) is 3.14. The second-order valence-electron chi connectivity index (χ2n) is 6.04. The third-order valence-corrected chi connectivity index (χ3v) is 4.45. The Morgan fingerprint density at radius 3 is 2.42 bits per heavy atom. The highest BCUT2D eigenvalue weighted by atomic mass is 16.2. The van der Waals surface area contributed by atoms with Crippen LogP contribution in [0.25, 0.3) is 11.1 Å². The summed E-state index contributed by atoms with van der Waals surface area (Å²) >= 11 is 0. The van der Waals surface area contributed by atoms with Crippen LogP contribution in [-0.4, -0.2) is 35.8 Å². The number of amides is 2. The topological polar surface area (TPSA) is 49.4 Å². The van der Waals surface area contributed by atoms with E-state index >= 15 is 0 Å². The van der Waals surface area contributed by atoms with Crippen molar-refractivity contribution in [3.8, 4) is 11.1 Å². The van der Waals surface area contributed by atoms with E-state index < -0.39 is 0 Å². The highest BCUT2D eigenvalue weighted by Gasteiger charge is 2.31. The van der Waals surface area contributed by atoms with Crippen molar-refractivity contribution in [2.24, 2.45) is 0 Å². The molecule has 1 heterocycles. The molecule has 2 aromatic carbocycles. The minimum atomic E-state index is -0.338. The van der Waals surface area contributed by atoms with Gasteiger partial charge in [0.25, 0.3) is 0 Å². The number of rotatable bonds is 4. The van der Waals surface area contributed by atoms with Gasteiger partial charge in [0.05, 0.1) is 6.42 Å². The molecule has 0 saturated carbocycles. The van der Waals surface area contributed by atoms with Crippen LogP contribution in [0.5, 0.6) is 0 Å². The van der Waals surface area contributed by atoms with Gasteiger partial charge in [-0.25, -0.2) is 0 Å². The van der Waals surface area contributed by atoms with E-state index in [2.05, 4.69) is 17.4 Å². The van der Waals surface area contributed by atoms with Gasteiger partial charge in [-0.05, 0) is 23.1 Å². The Hall–Kier alpha value is -2.62. The number of nitrogens with one attached hydrogen (secondary N) is 1. The number of piperazine rings is 1. The van der Waals surface area contributed by atoms with Gasteiger partial charge in [-0.2, -0.15) is 0 Å². The molecule has 24 heavy (non-hydrogen) atoms. The SMILES string of the molecule is CCC1C(=O)NCCN1C(=O)Cc1ccc(-c2ccccc2)cc1. The first kappa shape index (κ1) is 16.2. The summed E-state index contributed by atoms with van der Waals surface area (Å²) in [5.41, 5.74) is 3.27. The van der Waals surface area contributed by atoms with Crippen LogP contribution < -0.4 is 5.32 Å². The fourth-order valence-corrected chi connectivity index (χ4v) is 3.14. The summed E-state index contributed by atoms with van der Waals surface area (Å²) in [4.78, 5) is 26.2. The smallest absolute Gasteiger partial charge is 0.242 e. The van der Waals surface area contributed by atoms with Crippen LogP contribution in [0.1, 0.15) is 18.9 Å². The Morgan fingerprint density at radius 2 is 1.75 bits per heavy atom. The van der Waals surface area contributed by atoms with Crippen molar-refractivity contribution in [1.29, 1.82) is 0 Å². The molecule has 0 radical (unpaired) electrons. The molecular formula is C20H22N2O2. The van der Waals surface area contributed by atoms with E-state index in [-0.39, 0.29) is 17.9 Å². The lowest BCUT2D eigenvalue weighted by molar-refractivity contribution is -0.142. The molecule has 0 spiro atoms. The highest BCUT2D eigenvalue weighted by Crippen LogP contribution is 2.20. The lowest BCUT2D eigenvalue weighted by atomic mass is 10.0. The molecule has 1 aliphatic heterocycles. The van der Waals surface area contributed by atoms with Gasteiger partial charge in [0.1, 0.15) is 6.04 Å². The molecule has 1 N–H and O–H groups in total. The van der Waals surface area contributed by atoms with Crippen molar-refractivity contribution in [3.05, 3.63) is 60.2 Å². The summed E-state index contributed by atoms with van der Waals surface area (Å²) in [6.45, 7) is 3.06. The standard InChI is InChI=1S/C20H22N2O2/c1-2-18-20(24)21-12-13-22(18)19(23)14-15-8-10-17(11-9-15)16-6-4-3-5-7-16/h3-11,18H,2,12-14H2,1H3,(H,21,24). The van der Waals surface area contributed by atoms with Crippen molar-refractivity contribution in [1.82, 2.24) is 10.2 Å². The maximum absolute atomic E-state index is 12.6. The number of hydrogen-bond acceptors (Lipinski definition) is 2. The first-order valence-electron chi connectivity index (χ1n) is 8.40. The number of carbonyl (C=O) groups excluding carboxylic acids is 2. The molecule has 0 bridgehead atoms. The number of carbonyl (C=O) groups is 2. The van der Waals surface area contributed by atoms with Crippen molar-refractivity contribution < 1.29 is 9.59 Å².